The van der Waals surface area contributed by atoms with E-state index in [2.05, 4.69) is 26.0 Å². The third-order valence-corrected chi connectivity index (χ3v) is 12.4. The zero-order valence-electron chi connectivity index (χ0n) is 33.3. The summed E-state index contributed by atoms with van der Waals surface area (Å²) in [7, 11) is 3.12. The number of methoxy groups -OCH3 is 2. The van der Waals surface area contributed by atoms with Gasteiger partial charge in [-0.1, -0.05) is 50.2 Å². The SMILES string of the molecule is COc1cc2c(cc1OCc1cc(COc3cc4c(cc3OC)C(=O)N3c5ccccc5C[C@H]3C=N4)cc(SC(C)(C)CCO)c1)N=C[C@@H]1Cc3ccccc3N1C2=O. The van der Waals surface area contributed by atoms with Gasteiger partial charge in [0.1, 0.15) is 13.2 Å². The molecule has 0 saturated heterocycles. The number of aliphatic hydroxyl groups is 1. The summed E-state index contributed by atoms with van der Waals surface area (Å²) in [5.74, 6) is 1.52. The van der Waals surface area contributed by atoms with Crippen molar-refractivity contribution in [2.24, 2.45) is 9.98 Å². The van der Waals surface area contributed by atoms with E-state index >= 15 is 0 Å². The third-order valence-electron chi connectivity index (χ3n) is 11.2. The van der Waals surface area contributed by atoms with Crippen molar-refractivity contribution in [1.29, 1.82) is 0 Å². The van der Waals surface area contributed by atoms with Gasteiger partial charge in [-0.2, -0.15) is 0 Å². The average molecular weight is 809 g/mol. The lowest BCUT2D eigenvalue weighted by Gasteiger charge is -2.24. The summed E-state index contributed by atoms with van der Waals surface area (Å²) in [6.45, 7) is 4.66. The number of carbonyl (C=O) groups is 2. The first kappa shape index (κ1) is 38.4. The Labute approximate surface area is 347 Å². The zero-order valence-corrected chi connectivity index (χ0v) is 34.1. The number of benzene rings is 5. The molecule has 0 aliphatic carbocycles. The Balaban J connectivity index is 0.976. The molecule has 59 heavy (non-hydrogen) atoms. The van der Waals surface area contributed by atoms with Gasteiger partial charge in [0.25, 0.3) is 11.8 Å². The van der Waals surface area contributed by atoms with Gasteiger partial charge < -0.3 is 24.1 Å². The molecule has 4 heterocycles. The summed E-state index contributed by atoms with van der Waals surface area (Å²) in [5, 5.41) is 9.78. The van der Waals surface area contributed by atoms with Crippen LogP contribution in [0, 0.1) is 0 Å². The molecule has 0 aromatic heterocycles. The summed E-state index contributed by atoms with van der Waals surface area (Å²) in [5.41, 5.74) is 7.73. The summed E-state index contributed by atoms with van der Waals surface area (Å²) in [4.78, 5) is 42.0. The third kappa shape index (κ3) is 7.31. The molecule has 0 bridgehead atoms. The van der Waals surface area contributed by atoms with Crippen molar-refractivity contribution in [1.82, 2.24) is 0 Å². The Bertz CT molecular complexity index is 2390. The second-order valence-corrected chi connectivity index (χ2v) is 17.4. The van der Waals surface area contributed by atoms with E-state index in [-0.39, 0.29) is 48.5 Å². The Morgan fingerprint density at radius 1 is 0.678 bits per heavy atom. The van der Waals surface area contributed by atoms with Crippen molar-refractivity contribution >= 4 is 58.8 Å². The van der Waals surface area contributed by atoms with E-state index in [1.54, 1.807) is 50.2 Å². The number of rotatable bonds is 12. The van der Waals surface area contributed by atoms with Crippen LogP contribution >= 0.6 is 11.8 Å². The number of thioether (sulfide) groups is 1. The summed E-state index contributed by atoms with van der Waals surface area (Å²) in [6, 6.07) is 28.7. The Morgan fingerprint density at radius 3 is 1.61 bits per heavy atom. The van der Waals surface area contributed by atoms with E-state index in [1.807, 2.05) is 76.8 Å². The van der Waals surface area contributed by atoms with Crippen LogP contribution in [0.5, 0.6) is 23.0 Å². The first-order valence-electron chi connectivity index (χ1n) is 19.7. The number of nitrogens with zero attached hydrogens (tertiary/aromatic N) is 4. The highest BCUT2D eigenvalue weighted by Gasteiger charge is 2.38. The first-order chi connectivity index (χ1) is 28.6. The topological polar surface area (TPSA) is 122 Å². The van der Waals surface area contributed by atoms with Crippen LogP contribution < -0.4 is 28.7 Å². The Morgan fingerprint density at radius 2 is 1.15 bits per heavy atom. The molecule has 11 nitrogen and oxygen atoms in total. The number of aliphatic hydroxyl groups excluding tert-OH is 1. The summed E-state index contributed by atoms with van der Waals surface area (Å²) < 4.78 is 24.2. The minimum Gasteiger partial charge on any atom is -0.493 e. The predicted molar refractivity (Wildman–Crippen MR) is 231 cm³/mol. The molecular weight excluding hydrogens is 765 g/mol. The average Bonchev–Trinajstić information content (AvgIpc) is 3.72. The van der Waals surface area contributed by atoms with Crippen molar-refractivity contribution in [3.05, 3.63) is 124 Å². The van der Waals surface area contributed by atoms with Gasteiger partial charge in [0.15, 0.2) is 23.0 Å². The highest BCUT2D eigenvalue weighted by molar-refractivity contribution is 8.00. The standard InChI is InChI=1S/C47H44N4O7S/c1-47(2,13-14-52)59-34-16-28(26-57-43-22-37-35(20-41(43)55-3)45(53)50-32(24-48-37)18-30-9-5-7-11-39(30)50)15-29(17-34)27-58-44-23-38-36(21-42(44)56-4)46(54)51-33(25-49-38)19-31-10-6-8-12-40(31)51/h5-12,15-17,20-25,32-33,52H,13-14,18-19,26-27H2,1-4H3/t32-,33-/m0/s1. The molecule has 9 rings (SSSR count). The van der Waals surface area contributed by atoms with Gasteiger partial charge in [-0.3, -0.25) is 29.4 Å². The number of hydrogen-bond donors (Lipinski definition) is 1. The molecule has 4 aliphatic rings. The van der Waals surface area contributed by atoms with Crippen LogP contribution in [0.15, 0.2) is 106 Å². The number of anilines is 2. The zero-order chi connectivity index (χ0) is 40.8. The molecule has 2 atom stereocenters. The molecule has 0 spiro atoms. The lowest BCUT2D eigenvalue weighted by atomic mass is 10.1. The number of hydrogen-bond acceptors (Lipinski definition) is 10. The van der Waals surface area contributed by atoms with E-state index in [9.17, 15) is 14.7 Å². The van der Waals surface area contributed by atoms with E-state index in [0.29, 0.717) is 64.8 Å². The van der Waals surface area contributed by atoms with Crippen molar-refractivity contribution in [2.75, 3.05) is 30.6 Å². The molecule has 300 valence electrons. The second kappa shape index (κ2) is 15.6. The maximum absolute atomic E-state index is 13.9. The van der Waals surface area contributed by atoms with Crippen LogP contribution in [0.4, 0.5) is 22.7 Å². The number of fused-ring (bicyclic) bond motifs is 8. The van der Waals surface area contributed by atoms with Crippen molar-refractivity contribution in [3.8, 4) is 23.0 Å². The smallest absolute Gasteiger partial charge is 0.261 e. The van der Waals surface area contributed by atoms with E-state index in [0.717, 1.165) is 38.5 Å². The first-order valence-corrected chi connectivity index (χ1v) is 20.5. The van der Waals surface area contributed by atoms with Gasteiger partial charge >= 0.3 is 0 Å². The van der Waals surface area contributed by atoms with Crippen molar-refractivity contribution in [2.45, 2.75) is 68.0 Å². The quantitative estimate of drug-likeness (QED) is 0.124. The molecule has 0 unspecified atom stereocenters. The highest BCUT2D eigenvalue weighted by atomic mass is 32.2. The summed E-state index contributed by atoms with van der Waals surface area (Å²) >= 11 is 1.66. The fraction of sp³-hybridized carbons (Fsp3) is 0.277. The minimum atomic E-state index is -0.244. The number of para-hydroxylation sites is 2. The molecule has 0 fully saturated rings. The molecule has 4 aliphatic heterocycles. The van der Waals surface area contributed by atoms with Crippen LogP contribution in [0.2, 0.25) is 0 Å². The van der Waals surface area contributed by atoms with E-state index < -0.39 is 0 Å². The predicted octanol–water partition coefficient (Wildman–Crippen LogP) is 8.69. The number of ether oxygens (including phenoxy) is 4. The van der Waals surface area contributed by atoms with E-state index in [1.165, 1.54) is 0 Å². The molecule has 0 saturated carbocycles. The van der Waals surface area contributed by atoms with Gasteiger partial charge in [-0.05, 0) is 71.1 Å². The van der Waals surface area contributed by atoms with Gasteiger partial charge in [-0.15, -0.1) is 11.8 Å². The molecule has 5 aromatic rings. The number of carbonyl (C=O) groups excluding carboxylic acids is 2. The van der Waals surface area contributed by atoms with Gasteiger partial charge in [-0.25, -0.2) is 0 Å². The summed E-state index contributed by atoms with van der Waals surface area (Å²) in [6.07, 6.45) is 5.70. The monoisotopic (exact) mass is 808 g/mol. The van der Waals surface area contributed by atoms with Crippen molar-refractivity contribution in [3.63, 3.8) is 0 Å². The second-order valence-electron chi connectivity index (χ2n) is 15.6. The fourth-order valence-corrected chi connectivity index (χ4v) is 9.55. The van der Waals surface area contributed by atoms with Crippen LogP contribution in [0.25, 0.3) is 0 Å². The largest absolute Gasteiger partial charge is 0.493 e. The minimum absolute atomic E-state index is 0.0705. The molecule has 12 heteroatoms. The van der Waals surface area contributed by atoms with Crippen LogP contribution in [-0.4, -0.2) is 67.0 Å². The lowest BCUT2D eigenvalue weighted by molar-refractivity contribution is 0.0978. The van der Waals surface area contributed by atoms with Gasteiger partial charge in [0.2, 0.25) is 0 Å². The van der Waals surface area contributed by atoms with Crippen LogP contribution in [0.3, 0.4) is 0 Å². The van der Waals surface area contributed by atoms with Gasteiger partial charge in [0.05, 0.1) is 48.8 Å². The number of aliphatic imine (C=N–C) groups is 2. The lowest BCUT2D eigenvalue weighted by Crippen LogP contribution is -2.37. The molecule has 0 radical (unpaired) electrons. The molecule has 2 amide bonds. The Kier molecular flexibility index (Phi) is 10.1. The van der Waals surface area contributed by atoms with Crippen LogP contribution in [-0.2, 0) is 26.1 Å². The molecule has 1 N–H and O–H groups in total. The molecule has 5 aromatic carbocycles. The fourth-order valence-electron chi connectivity index (χ4n) is 8.29. The van der Waals surface area contributed by atoms with Crippen molar-refractivity contribution < 1.29 is 33.6 Å². The highest BCUT2D eigenvalue weighted by Crippen LogP contribution is 2.44. The maximum atomic E-state index is 13.9. The van der Waals surface area contributed by atoms with Crippen LogP contribution in [0.1, 0.15) is 63.2 Å². The maximum Gasteiger partial charge on any atom is 0.261 e. The normalized spacial score (nSPS) is 17.3. The molecular formula is C47H44N4O7S. The Hall–Kier alpha value is -6.11. The van der Waals surface area contributed by atoms with Gasteiger partial charge in [0, 0.05) is 65.0 Å². The van der Waals surface area contributed by atoms with E-state index in [4.69, 9.17) is 28.9 Å². The number of amides is 2.